The fraction of sp³-hybridized carbons (Fsp3) is 0.522. The van der Waals surface area contributed by atoms with Gasteiger partial charge in [-0.05, 0) is 68.1 Å². The molecule has 2 amide bonds. The number of amides is 2. The number of aromatic amines is 1. The molecule has 1 saturated carbocycles. The molecule has 1 unspecified atom stereocenters. The highest BCUT2D eigenvalue weighted by molar-refractivity contribution is 7.89. The van der Waals surface area contributed by atoms with E-state index in [1.54, 1.807) is 4.90 Å². The molecule has 4 N–H and O–H groups in total. The van der Waals surface area contributed by atoms with E-state index >= 15 is 0 Å². The highest BCUT2D eigenvalue weighted by Gasteiger charge is 2.30. The molecule has 5 rings (SSSR count). The zero-order valence-corrected chi connectivity index (χ0v) is 19.4. The molecular weight excluding hydrogens is 440 g/mol. The molecule has 1 atom stereocenters. The van der Waals surface area contributed by atoms with Crippen LogP contribution in [0.25, 0.3) is 21.9 Å². The molecule has 0 aromatic carbocycles. The zero-order chi connectivity index (χ0) is 23.0. The average Bonchev–Trinajstić information content (AvgIpc) is 3.27. The molecule has 4 heterocycles. The number of H-pyrrole nitrogens is 1. The van der Waals surface area contributed by atoms with Gasteiger partial charge >= 0.3 is 6.03 Å². The van der Waals surface area contributed by atoms with E-state index in [0.717, 1.165) is 55.1 Å². The van der Waals surface area contributed by atoms with Crippen LogP contribution in [0.4, 0.5) is 4.79 Å². The minimum absolute atomic E-state index is 0.0638. The van der Waals surface area contributed by atoms with Gasteiger partial charge in [0.05, 0.1) is 17.5 Å². The normalized spacial score (nSPS) is 24.3. The van der Waals surface area contributed by atoms with Crippen molar-refractivity contribution in [1.82, 2.24) is 25.2 Å². The van der Waals surface area contributed by atoms with Crippen LogP contribution in [0.3, 0.4) is 0 Å². The van der Waals surface area contributed by atoms with Crippen molar-refractivity contribution < 1.29 is 13.2 Å². The summed E-state index contributed by atoms with van der Waals surface area (Å²) < 4.78 is 22.9. The third kappa shape index (κ3) is 4.81. The van der Waals surface area contributed by atoms with Gasteiger partial charge < -0.3 is 15.2 Å². The number of aromatic nitrogens is 3. The van der Waals surface area contributed by atoms with Gasteiger partial charge in [0.25, 0.3) is 0 Å². The Kier molecular flexibility index (Phi) is 5.96. The summed E-state index contributed by atoms with van der Waals surface area (Å²) in [6.45, 7) is 1.10. The first-order chi connectivity index (χ1) is 15.9. The van der Waals surface area contributed by atoms with Crippen molar-refractivity contribution >= 4 is 38.0 Å². The SMILES string of the molecule is NS(=O)(=O)CC1CCCN(C(=O)NC2CCC(c3ccnc4cnc5[nH]ccc5c34)CC2)C1. The van der Waals surface area contributed by atoms with Crippen molar-refractivity contribution in [3.63, 3.8) is 0 Å². The summed E-state index contributed by atoms with van der Waals surface area (Å²) in [5.74, 6) is 0.263. The number of nitrogens with two attached hydrogens (primary N) is 1. The number of sulfonamides is 1. The van der Waals surface area contributed by atoms with Gasteiger partial charge in [-0.25, -0.2) is 23.3 Å². The van der Waals surface area contributed by atoms with E-state index in [1.807, 2.05) is 18.6 Å². The fourth-order valence-corrected chi connectivity index (χ4v) is 6.48. The summed E-state index contributed by atoms with van der Waals surface area (Å²) in [6.07, 6.45) is 11.0. The lowest BCUT2D eigenvalue weighted by Gasteiger charge is -2.35. The van der Waals surface area contributed by atoms with Crippen LogP contribution in [0.1, 0.15) is 50.0 Å². The predicted molar refractivity (Wildman–Crippen MR) is 127 cm³/mol. The summed E-state index contributed by atoms with van der Waals surface area (Å²) in [5, 5.41) is 10.7. The molecule has 2 aliphatic rings. The minimum atomic E-state index is -3.53. The topological polar surface area (TPSA) is 134 Å². The Balaban J connectivity index is 1.22. The number of hydrogen-bond acceptors (Lipinski definition) is 5. The van der Waals surface area contributed by atoms with Crippen LogP contribution in [-0.4, -0.2) is 59.2 Å². The lowest BCUT2D eigenvalue weighted by atomic mass is 9.80. The molecule has 0 spiro atoms. The molecule has 176 valence electrons. The van der Waals surface area contributed by atoms with E-state index < -0.39 is 10.0 Å². The number of rotatable bonds is 4. The van der Waals surface area contributed by atoms with Crippen molar-refractivity contribution in [1.29, 1.82) is 0 Å². The maximum absolute atomic E-state index is 12.8. The van der Waals surface area contributed by atoms with Gasteiger partial charge in [0, 0.05) is 42.3 Å². The lowest BCUT2D eigenvalue weighted by Crippen LogP contribution is -2.50. The number of hydrogen-bond donors (Lipinski definition) is 3. The second-order valence-electron chi connectivity index (χ2n) is 9.44. The Morgan fingerprint density at radius 1 is 1.18 bits per heavy atom. The number of primary sulfonamides is 1. The Morgan fingerprint density at radius 3 is 2.79 bits per heavy atom. The quantitative estimate of drug-likeness (QED) is 0.539. The summed E-state index contributed by atoms with van der Waals surface area (Å²) in [4.78, 5) is 26.7. The van der Waals surface area contributed by atoms with Crippen LogP contribution in [0.5, 0.6) is 0 Å². The van der Waals surface area contributed by atoms with E-state index in [-0.39, 0.29) is 23.7 Å². The Labute approximate surface area is 193 Å². The van der Waals surface area contributed by atoms with Crippen molar-refractivity contribution in [2.45, 2.75) is 50.5 Å². The number of likely N-dealkylation sites (tertiary alicyclic amines) is 1. The summed E-state index contributed by atoms with van der Waals surface area (Å²) in [6, 6.07) is 4.22. The number of nitrogens with zero attached hydrogens (tertiary/aromatic N) is 3. The van der Waals surface area contributed by atoms with Gasteiger partial charge in [-0.2, -0.15) is 0 Å². The minimum Gasteiger partial charge on any atom is -0.346 e. The van der Waals surface area contributed by atoms with E-state index in [4.69, 9.17) is 5.14 Å². The molecule has 1 aliphatic heterocycles. The van der Waals surface area contributed by atoms with Gasteiger partial charge in [0.15, 0.2) is 0 Å². The summed E-state index contributed by atoms with van der Waals surface area (Å²) in [5.41, 5.74) is 3.09. The molecule has 3 aromatic rings. The fourth-order valence-electron chi connectivity index (χ4n) is 5.55. The van der Waals surface area contributed by atoms with Gasteiger partial charge in [0.1, 0.15) is 5.65 Å². The molecule has 33 heavy (non-hydrogen) atoms. The molecule has 1 saturated heterocycles. The molecule has 0 radical (unpaired) electrons. The van der Waals surface area contributed by atoms with Crippen molar-refractivity contribution in [3.05, 3.63) is 36.3 Å². The molecule has 3 aromatic heterocycles. The maximum Gasteiger partial charge on any atom is 0.317 e. The van der Waals surface area contributed by atoms with Crippen molar-refractivity contribution in [3.8, 4) is 0 Å². The number of nitrogens with one attached hydrogen (secondary N) is 2. The zero-order valence-electron chi connectivity index (χ0n) is 18.5. The third-order valence-electron chi connectivity index (χ3n) is 7.09. The standard InChI is InChI=1S/C23H30N6O3S/c24-33(31,32)14-15-2-1-11-29(13-15)23(30)28-17-5-3-16(4-6-17)18-7-9-25-20-12-27-22-19(21(18)20)8-10-26-22/h7-10,12,15-17H,1-6,11,13-14H2,(H,26,27)(H,28,30)(H2,24,31,32). The highest BCUT2D eigenvalue weighted by Crippen LogP contribution is 2.38. The first-order valence-electron chi connectivity index (χ1n) is 11.6. The van der Waals surface area contributed by atoms with Gasteiger partial charge in [-0.3, -0.25) is 4.98 Å². The molecular formula is C23H30N6O3S. The van der Waals surface area contributed by atoms with Crippen LogP contribution >= 0.6 is 0 Å². The van der Waals surface area contributed by atoms with Gasteiger partial charge in [-0.15, -0.1) is 0 Å². The number of piperidine rings is 1. The van der Waals surface area contributed by atoms with Gasteiger partial charge in [0.2, 0.25) is 10.0 Å². The summed E-state index contributed by atoms with van der Waals surface area (Å²) in [7, 11) is -3.53. The predicted octanol–water partition coefficient (Wildman–Crippen LogP) is 2.85. The van der Waals surface area contributed by atoms with Crippen LogP contribution in [0, 0.1) is 5.92 Å². The first-order valence-corrected chi connectivity index (χ1v) is 13.4. The number of pyridine rings is 2. The number of urea groups is 1. The Hall–Kier alpha value is -2.72. The Morgan fingerprint density at radius 2 is 2.00 bits per heavy atom. The molecule has 0 bridgehead atoms. The maximum atomic E-state index is 12.8. The smallest absolute Gasteiger partial charge is 0.317 e. The van der Waals surface area contributed by atoms with E-state index in [1.165, 1.54) is 10.9 Å². The molecule has 10 heteroatoms. The van der Waals surface area contributed by atoms with Crippen molar-refractivity contribution in [2.24, 2.45) is 11.1 Å². The lowest BCUT2D eigenvalue weighted by molar-refractivity contribution is 0.163. The summed E-state index contributed by atoms with van der Waals surface area (Å²) >= 11 is 0. The van der Waals surface area contributed by atoms with Gasteiger partial charge in [-0.1, -0.05) is 0 Å². The van der Waals surface area contributed by atoms with E-state index in [9.17, 15) is 13.2 Å². The van der Waals surface area contributed by atoms with Crippen molar-refractivity contribution in [2.75, 3.05) is 18.8 Å². The monoisotopic (exact) mass is 470 g/mol. The van der Waals surface area contributed by atoms with Crippen LogP contribution in [0.15, 0.2) is 30.7 Å². The largest absolute Gasteiger partial charge is 0.346 e. The average molecular weight is 471 g/mol. The van der Waals surface area contributed by atoms with E-state index in [2.05, 4.69) is 32.4 Å². The van der Waals surface area contributed by atoms with Crippen LogP contribution in [-0.2, 0) is 10.0 Å². The first kappa shape index (κ1) is 22.1. The number of carbonyl (C=O) groups is 1. The van der Waals surface area contributed by atoms with E-state index in [0.29, 0.717) is 19.0 Å². The van der Waals surface area contributed by atoms with Crippen LogP contribution in [0.2, 0.25) is 0 Å². The number of carbonyl (C=O) groups excluding carboxylic acids is 1. The molecule has 1 aliphatic carbocycles. The highest BCUT2D eigenvalue weighted by atomic mass is 32.2. The molecule has 9 nitrogen and oxygen atoms in total. The van der Waals surface area contributed by atoms with Crippen LogP contribution < -0.4 is 10.5 Å². The number of fused-ring (bicyclic) bond motifs is 3. The second kappa shape index (κ2) is 8.90. The molecule has 2 fully saturated rings. The Bertz CT molecular complexity index is 1270. The second-order valence-corrected chi connectivity index (χ2v) is 11.1. The third-order valence-corrected chi connectivity index (χ3v) is 8.03.